The molecule has 6 heteroatoms. The molecule has 0 bridgehead atoms. The maximum atomic E-state index is 12.1. The van der Waals surface area contributed by atoms with Gasteiger partial charge in [0.25, 0.3) is 0 Å². The zero-order valence-corrected chi connectivity index (χ0v) is 13.6. The number of carboxylic acids is 1. The van der Waals surface area contributed by atoms with Crippen LogP contribution in [-0.4, -0.2) is 35.1 Å². The van der Waals surface area contributed by atoms with Gasteiger partial charge < -0.3 is 15.3 Å². The number of rotatable bonds is 4. The largest absolute Gasteiger partial charge is 0.481 e. The minimum absolute atomic E-state index is 0.0504. The van der Waals surface area contributed by atoms with Gasteiger partial charge in [-0.3, -0.25) is 4.79 Å². The van der Waals surface area contributed by atoms with Crippen LogP contribution in [0.15, 0.2) is 28.7 Å². The fraction of sp³-hybridized carbons (Fsp3) is 0.467. The van der Waals surface area contributed by atoms with Crippen molar-refractivity contribution in [2.45, 2.75) is 19.9 Å². The van der Waals surface area contributed by atoms with Crippen LogP contribution in [0.3, 0.4) is 0 Å². The van der Waals surface area contributed by atoms with E-state index in [0.29, 0.717) is 13.1 Å². The van der Waals surface area contributed by atoms with Crippen LogP contribution in [0.1, 0.15) is 25.5 Å². The molecule has 0 saturated carbocycles. The molecule has 2 N–H and O–H groups in total. The molecule has 0 aliphatic carbocycles. The van der Waals surface area contributed by atoms with Crippen LogP contribution in [0.2, 0.25) is 0 Å². The SMILES string of the molecule is CC(NC(=O)N1CC(C(C)C(=O)O)C1)c1cccc(Br)c1. The van der Waals surface area contributed by atoms with Crippen LogP contribution in [0.4, 0.5) is 4.79 Å². The lowest BCUT2D eigenvalue weighted by atomic mass is 9.87. The lowest BCUT2D eigenvalue weighted by Gasteiger charge is -2.41. The normalized spacial score (nSPS) is 17.8. The molecule has 2 atom stereocenters. The van der Waals surface area contributed by atoms with E-state index in [1.165, 1.54) is 0 Å². The van der Waals surface area contributed by atoms with Gasteiger partial charge in [0.05, 0.1) is 12.0 Å². The number of nitrogens with zero attached hydrogens (tertiary/aromatic N) is 1. The molecule has 5 nitrogen and oxygen atoms in total. The smallest absolute Gasteiger partial charge is 0.317 e. The summed E-state index contributed by atoms with van der Waals surface area (Å²) in [5.74, 6) is -1.16. The number of likely N-dealkylation sites (tertiary alicyclic amines) is 1. The minimum atomic E-state index is -0.803. The Hall–Kier alpha value is -1.56. The van der Waals surface area contributed by atoms with E-state index in [1.54, 1.807) is 11.8 Å². The van der Waals surface area contributed by atoms with Gasteiger partial charge >= 0.3 is 12.0 Å². The van der Waals surface area contributed by atoms with Gasteiger partial charge in [0.2, 0.25) is 0 Å². The molecule has 1 aromatic rings. The van der Waals surface area contributed by atoms with Crippen LogP contribution in [-0.2, 0) is 4.79 Å². The first-order chi connectivity index (χ1) is 9.88. The van der Waals surface area contributed by atoms with Gasteiger partial charge in [-0.1, -0.05) is 35.0 Å². The Morgan fingerprint density at radius 1 is 1.38 bits per heavy atom. The number of halogens is 1. The van der Waals surface area contributed by atoms with Gasteiger partial charge in [0.15, 0.2) is 0 Å². The van der Waals surface area contributed by atoms with E-state index < -0.39 is 11.9 Å². The van der Waals surface area contributed by atoms with Crippen LogP contribution in [0.5, 0.6) is 0 Å². The number of nitrogens with one attached hydrogen (secondary N) is 1. The first-order valence-corrected chi connectivity index (χ1v) is 7.71. The fourth-order valence-corrected chi connectivity index (χ4v) is 2.75. The molecule has 1 fully saturated rings. The quantitative estimate of drug-likeness (QED) is 0.873. The van der Waals surface area contributed by atoms with Gasteiger partial charge in [-0.25, -0.2) is 4.79 Å². The number of aliphatic carboxylic acids is 1. The highest BCUT2D eigenvalue weighted by Crippen LogP contribution is 2.25. The molecule has 2 amide bonds. The summed E-state index contributed by atoms with van der Waals surface area (Å²) in [7, 11) is 0. The van der Waals surface area contributed by atoms with Crippen LogP contribution < -0.4 is 5.32 Å². The molecule has 114 valence electrons. The van der Waals surface area contributed by atoms with E-state index in [0.717, 1.165) is 10.0 Å². The summed E-state index contributed by atoms with van der Waals surface area (Å²) in [5, 5.41) is 11.9. The van der Waals surface area contributed by atoms with Crippen LogP contribution in [0.25, 0.3) is 0 Å². The van der Waals surface area contributed by atoms with E-state index in [4.69, 9.17) is 5.11 Å². The number of hydrogen-bond acceptors (Lipinski definition) is 2. The summed E-state index contributed by atoms with van der Waals surface area (Å²) in [6, 6.07) is 7.56. The van der Waals surface area contributed by atoms with E-state index >= 15 is 0 Å². The molecule has 1 heterocycles. The van der Waals surface area contributed by atoms with Crippen LogP contribution in [0, 0.1) is 11.8 Å². The number of amides is 2. The van der Waals surface area contributed by atoms with Gasteiger partial charge in [-0.05, 0) is 24.6 Å². The summed E-state index contributed by atoms with van der Waals surface area (Å²) < 4.78 is 0.973. The standard InChI is InChI=1S/C15H19BrN2O3/c1-9(14(19)20)12-7-18(8-12)15(21)17-10(2)11-4-3-5-13(16)6-11/h3-6,9-10,12H,7-8H2,1-2H3,(H,17,21)(H,19,20). The van der Waals surface area contributed by atoms with E-state index in [2.05, 4.69) is 21.2 Å². The van der Waals surface area contributed by atoms with Crippen LogP contribution >= 0.6 is 15.9 Å². The van der Waals surface area contributed by atoms with E-state index in [9.17, 15) is 9.59 Å². The molecule has 21 heavy (non-hydrogen) atoms. The van der Waals surface area contributed by atoms with Gasteiger partial charge in [-0.2, -0.15) is 0 Å². The summed E-state index contributed by atoms with van der Waals surface area (Å²) in [4.78, 5) is 24.6. The van der Waals surface area contributed by atoms with Crippen molar-refractivity contribution < 1.29 is 14.7 Å². The highest BCUT2D eigenvalue weighted by molar-refractivity contribution is 9.10. The molecule has 1 aromatic carbocycles. The molecule has 0 radical (unpaired) electrons. The molecule has 0 aromatic heterocycles. The number of urea groups is 1. The van der Waals surface area contributed by atoms with Crippen molar-refractivity contribution in [3.05, 3.63) is 34.3 Å². The third-order valence-corrected chi connectivity index (χ3v) is 4.48. The minimum Gasteiger partial charge on any atom is -0.481 e. The zero-order valence-electron chi connectivity index (χ0n) is 12.0. The highest BCUT2D eigenvalue weighted by Gasteiger charge is 2.37. The summed E-state index contributed by atoms with van der Waals surface area (Å²) in [5.41, 5.74) is 1.02. The number of carbonyl (C=O) groups is 2. The van der Waals surface area contributed by atoms with Crippen molar-refractivity contribution in [1.29, 1.82) is 0 Å². The topological polar surface area (TPSA) is 69.6 Å². The number of benzene rings is 1. The second-order valence-corrected chi connectivity index (χ2v) is 6.43. The molecular weight excluding hydrogens is 336 g/mol. The lowest BCUT2D eigenvalue weighted by Crippen LogP contribution is -2.56. The monoisotopic (exact) mass is 354 g/mol. The molecule has 2 unspecified atom stereocenters. The van der Waals surface area contributed by atoms with Gasteiger partial charge in [-0.15, -0.1) is 0 Å². The molecule has 1 aliphatic rings. The number of carbonyl (C=O) groups excluding carboxylic acids is 1. The van der Waals surface area contributed by atoms with Gasteiger partial charge in [0.1, 0.15) is 0 Å². The van der Waals surface area contributed by atoms with Crippen molar-refractivity contribution in [3.8, 4) is 0 Å². The third kappa shape index (κ3) is 3.75. The Kier molecular flexibility index (Phi) is 4.88. The molecule has 0 spiro atoms. The summed E-state index contributed by atoms with van der Waals surface area (Å²) in [6.07, 6.45) is 0. The molecule has 1 aliphatic heterocycles. The van der Waals surface area contributed by atoms with E-state index in [1.807, 2.05) is 31.2 Å². The maximum Gasteiger partial charge on any atom is 0.317 e. The van der Waals surface area contributed by atoms with E-state index in [-0.39, 0.29) is 18.0 Å². The Morgan fingerprint density at radius 3 is 2.62 bits per heavy atom. The van der Waals surface area contributed by atoms with Crippen molar-refractivity contribution in [1.82, 2.24) is 10.2 Å². The summed E-state index contributed by atoms with van der Waals surface area (Å²) in [6.45, 7) is 4.62. The highest BCUT2D eigenvalue weighted by atomic mass is 79.9. The maximum absolute atomic E-state index is 12.1. The van der Waals surface area contributed by atoms with Crippen molar-refractivity contribution in [2.75, 3.05) is 13.1 Å². The van der Waals surface area contributed by atoms with Crippen molar-refractivity contribution in [2.24, 2.45) is 11.8 Å². The summed E-state index contributed by atoms with van der Waals surface area (Å²) >= 11 is 3.41. The lowest BCUT2D eigenvalue weighted by molar-refractivity contribution is -0.144. The second-order valence-electron chi connectivity index (χ2n) is 5.52. The molecule has 2 rings (SSSR count). The first-order valence-electron chi connectivity index (χ1n) is 6.92. The average Bonchev–Trinajstić information content (AvgIpc) is 2.36. The van der Waals surface area contributed by atoms with Gasteiger partial charge in [0, 0.05) is 23.5 Å². The molecule has 1 saturated heterocycles. The second kappa shape index (κ2) is 6.47. The van der Waals surface area contributed by atoms with Crippen molar-refractivity contribution >= 4 is 27.9 Å². The Balaban J connectivity index is 1.85. The zero-order chi connectivity index (χ0) is 15.6. The average molecular weight is 355 g/mol. The Bertz CT molecular complexity index is 543. The predicted octanol–water partition coefficient (Wildman–Crippen LogP) is 2.87. The third-order valence-electron chi connectivity index (χ3n) is 3.98. The fourth-order valence-electron chi connectivity index (χ4n) is 2.33. The molecular formula is C15H19BrN2O3. The number of hydrogen-bond donors (Lipinski definition) is 2. The Labute approximate surface area is 132 Å². The van der Waals surface area contributed by atoms with Crippen molar-refractivity contribution in [3.63, 3.8) is 0 Å². The number of carboxylic acid groups (broad SMARTS) is 1. The predicted molar refractivity (Wildman–Crippen MR) is 83.0 cm³/mol. The Morgan fingerprint density at radius 2 is 2.05 bits per heavy atom. The first kappa shape index (κ1) is 15.8.